The third-order valence-corrected chi connectivity index (χ3v) is 4.68. The first-order chi connectivity index (χ1) is 9.66. The topological polar surface area (TPSA) is 62.9 Å². The molecule has 3 rings (SSSR count). The lowest BCUT2D eigenvalue weighted by molar-refractivity contribution is -0.0383. The lowest BCUT2D eigenvalue weighted by Gasteiger charge is -2.39. The number of hydrogen-bond donors (Lipinski definition) is 1. The van der Waals surface area contributed by atoms with Crippen LogP contribution in [-0.2, 0) is 4.74 Å². The van der Waals surface area contributed by atoms with Gasteiger partial charge in [-0.2, -0.15) is 0 Å². The zero-order valence-electron chi connectivity index (χ0n) is 11.1. The second-order valence-corrected chi connectivity index (χ2v) is 6.22. The fourth-order valence-electron chi connectivity index (χ4n) is 3.24. The summed E-state index contributed by atoms with van der Waals surface area (Å²) in [6.07, 6.45) is 3.92. The number of furan rings is 1. The molecule has 110 valence electrons. The summed E-state index contributed by atoms with van der Waals surface area (Å²) in [5.41, 5.74) is 0.538. The van der Waals surface area contributed by atoms with Crippen LogP contribution in [0.4, 0.5) is 0 Å². The molecule has 0 unspecified atom stereocenters. The molecule has 1 aromatic rings. The van der Waals surface area contributed by atoms with Crippen LogP contribution < -0.4 is 0 Å². The number of hydrogen-bond acceptors (Lipinski definition) is 4. The van der Waals surface area contributed by atoms with Gasteiger partial charge in [-0.05, 0) is 28.8 Å². The average Bonchev–Trinajstić information content (AvgIpc) is 3.07. The largest absolute Gasteiger partial charge is 0.457 e. The highest BCUT2D eigenvalue weighted by molar-refractivity contribution is 9.10. The van der Waals surface area contributed by atoms with Crippen molar-refractivity contribution in [2.45, 2.75) is 31.4 Å². The molecule has 1 aliphatic heterocycles. The lowest BCUT2D eigenvalue weighted by atomic mass is 9.94. The summed E-state index contributed by atoms with van der Waals surface area (Å²) < 4.78 is 11.2. The molecule has 1 saturated heterocycles. The molecule has 1 saturated carbocycles. The van der Waals surface area contributed by atoms with E-state index >= 15 is 0 Å². The van der Waals surface area contributed by atoms with E-state index in [1.807, 2.05) is 4.90 Å². The van der Waals surface area contributed by atoms with Gasteiger partial charge in [0, 0.05) is 18.5 Å². The highest BCUT2D eigenvalue weighted by Gasteiger charge is 2.39. The van der Waals surface area contributed by atoms with E-state index in [9.17, 15) is 9.90 Å². The van der Waals surface area contributed by atoms with Crippen LogP contribution in [0.2, 0.25) is 0 Å². The van der Waals surface area contributed by atoms with Crippen molar-refractivity contribution in [2.24, 2.45) is 5.92 Å². The molecule has 1 aromatic heterocycles. The molecule has 6 heteroatoms. The Bertz CT molecular complexity index is 489. The van der Waals surface area contributed by atoms with Crippen molar-refractivity contribution in [3.05, 3.63) is 22.6 Å². The molecule has 20 heavy (non-hydrogen) atoms. The van der Waals surface area contributed by atoms with Crippen LogP contribution in [0.25, 0.3) is 0 Å². The Balaban J connectivity index is 1.79. The monoisotopic (exact) mass is 343 g/mol. The third kappa shape index (κ3) is 2.64. The third-order valence-electron chi connectivity index (χ3n) is 4.27. The van der Waals surface area contributed by atoms with Gasteiger partial charge in [-0.15, -0.1) is 0 Å². The van der Waals surface area contributed by atoms with Gasteiger partial charge in [0.05, 0.1) is 30.9 Å². The van der Waals surface area contributed by atoms with Crippen LogP contribution in [0.3, 0.4) is 0 Å². The van der Waals surface area contributed by atoms with Crippen LogP contribution in [0.1, 0.15) is 29.6 Å². The van der Waals surface area contributed by atoms with Crippen molar-refractivity contribution in [3.8, 4) is 0 Å². The van der Waals surface area contributed by atoms with Gasteiger partial charge in [0.1, 0.15) is 6.26 Å². The Kier molecular flexibility index (Phi) is 4.14. The number of halogens is 1. The molecular formula is C14H18BrNO4. The summed E-state index contributed by atoms with van der Waals surface area (Å²) in [6, 6.07) is 1.64. The van der Waals surface area contributed by atoms with E-state index in [2.05, 4.69) is 15.9 Å². The Hall–Kier alpha value is -0.850. The molecule has 2 aliphatic rings. The standard InChI is InChI=1S/C14H18BrNO4/c15-13-6-9(7-20-13)14(18)16-4-5-19-8-11(16)10-2-1-3-12(10)17/h6-7,10-12,17H,1-5,8H2/t10-,11-,12-/m1/s1. The van der Waals surface area contributed by atoms with Crippen molar-refractivity contribution >= 4 is 21.8 Å². The molecule has 3 atom stereocenters. The predicted molar refractivity (Wildman–Crippen MR) is 75.4 cm³/mol. The highest BCUT2D eigenvalue weighted by Crippen LogP contribution is 2.33. The van der Waals surface area contributed by atoms with E-state index in [0.717, 1.165) is 19.3 Å². The molecular weight excluding hydrogens is 326 g/mol. The minimum atomic E-state index is -0.326. The summed E-state index contributed by atoms with van der Waals surface area (Å²) in [6.45, 7) is 1.62. The number of aliphatic hydroxyl groups is 1. The van der Waals surface area contributed by atoms with Crippen LogP contribution >= 0.6 is 15.9 Å². The first-order valence-corrected chi connectivity index (χ1v) is 7.77. The van der Waals surface area contributed by atoms with Crippen molar-refractivity contribution < 1.29 is 19.1 Å². The summed E-state index contributed by atoms with van der Waals surface area (Å²) in [5, 5.41) is 10.1. The quantitative estimate of drug-likeness (QED) is 0.892. The van der Waals surface area contributed by atoms with Crippen LogP contribution in [0, 0.1) is 5.92 Å². The number of carbonyl (C=O) groups is 1. The number of ether oxygens (including phenoxy) is 1. The minimum absolute atomic E-state index is 0.0394. The van der Waals surface area contributed by atoms with E-state index in [1.165, 1.54) is 6.26 Å². The number of rotatable bonds is 2. The van der Waals surface area contributed by atoms with Gasteiger partial charge in [-0.3, -0.25) is 4.79 Å². The summed E-state index contributed by atoms with van der Waals surface area (Å²) in [4.78, 5) is 14.4. The van der Waals surface area contributed by atoms with Crippen molar-refractivity contribution in [2.75, 3.05) is 19.8 Å². The Morgan fingerprint density at radius 2 is 2.30 bits per heavy atom. The Morgan fingerprint density at radius 1 is 1.45 bits per heavy atom. The fraction of sp³-hybridized carbons (Fsp3) is 0.643. The summed E-state index contributed by atoms with van der Waals surface area (Å²) >= 11 is 3.21. The molecule has 0 spiro atoms. The molecule has 5 nitrogen and oxygen atoms in total. The van der Waals surface area contributed by atoms with E-state index in [-0.39, 0.29) is 24.0 Å². The second kappa shape index (κ2) is 5.87. The summed E-state index contributed by atoms with van der Waals surface area (Å²) in [7, 11) is 0. The van der Waals surface area contributed by atoms with E-state index in [0.29, 0.717) is 30.0 Å². The molecule has 0 radical (unpaired) electrons. The Morgan fingerprint density at radius 3 is 2.95 bits per heavy atom. The van der Waals surface area contributed by atoms with Crippen LogP contribution in [0.5, 0.6) is 0 Å². The molecule has 1 amide bonds. The maximum Gasteiger partial charge on any atom is 0.257 e. The maximum absolute atomic E-state index is 12.6. The predicted octanol–water partition coefficient (Wildman–Crippen LogP) is 2.04. The number of amides is 1. The van der Waals surface area contributed by atoms with Crippen molar-refractivity contribution in [1.82, 2.24) is 4.90 Å². The molecule has 2 heterocycles. The molecule has 1 N–H and O–H groups in total. The maximum atomic E-state index is 12.6. The van der Waals surface area contributed by atoms with Gasteiger partial charge in [-0.1, -0.05) is 6.42 Å². The minimum Gasteiger partial charge on any atom is -0.457 e. The van der Waals surface area contributed by atoms with Gasteiger partial charge >= 0.3 is 0 Å². The van der Waals surface area contributed by atoms with Crippen LogP contribution in [-0.4, -0.2) is 47.8 Å². The van der Waals surface area contributed by atoms with Gasteiger partial charge in [0.25, 0.3) is 5.91 Å². The second-order valence-electron chi connectivity index (χ2n) is 5.44. The number of aliphatic hydroxyl groups excluding tert-OH is 1. The first kappa shape index (κ1) is 14.1. The average molecular weight is 344 g/mol. The lowest BCUT2D eigenvalue weighted by Crippen LogP contribution is -2.53. The first-order valence-electron chi connectivity index (χ1n) is 6.97. The number of nitrogens with zero attached hydrogens (tertiary/aromatic N) is 1. The normalized spacial score (nSPS) is 30.7. The van der Waals surface area contributed by atoms with E-state index in [1.54, 1.807) is 6.07 Å². The smallest absolute Gasteiger partial charge is 0.257 e. The summed E-state index contributed by atoms with van der Waals surface area (Å²) in [5.74, 6) is 0.0708. The SMILES string of the molecule is O=C(c1coc(Br)c1)N1CCOC[C@@H]1[C@H]1CCC[C@H]1O. The molecule has 0 aromatic carbocycles. The van der Waals surface area contributed by atoms with E-state index in [4.69, 9.17) is 9.15 Å². The molecule has 1 aliphatic carbocycles. The van der Waals surface area contributed by atoms with Gasteiger partial charge in [0.15, 0.2) is 4.67 Å². The van der Waals surface area contributed by atoms with Gasteiger partial charge in [-0.25, -0.2) is 0 Å². The molecule has 2 fully saturated rings. The van der Waals surface area contributed by atoms with Gasteiger partial charge in [0.2, 0.25) is 0 Å². The van der Waals surface area contributed by atoms with Crippen molar-refractivity contribution in [3.63, 3.8) is 0 Å². The molecule has 0 bridgehead atoms. The van der Waals surface area contributed by atoms with Crippen LogP contribution in [0.15, 0.2) is 21.4 Å². The zero-order chi connectivity index (χ0) is 14.1. The van der Waals surface area contributed by atoms with E-state index < -0.39 is 0 Å². The number of carbonyl (C=O) groups excluding carboxylic acids is 1. The number of morpholine rings is 1. The highest BCUT2D eigenvalue weighted by atomic mass is 79.9. The van der Waals surface area contributed by atoms with Crippen molar-refractivity contribution in [1.29, 1.82) is 0 Å². The zero-order valence-corrected chi connectivity index (χ0v) is 12.7. The Labute approximate surface area is 126 Å². The fourth-order valence-corrected chi connectivity index (χ4v) is 3.58. The van der Waals surface area contributed by atoms with Gasteiger partial charge < -0.3 is 19.2 Å².